The summed E-state index contributed by atoms with van der Waals surface area (Å²) in [5.41, 5.74) is 3.89. The minimum atomic E-state index is 0.273. The van der Waals surface area contributed by atoms with Gasteiger partial charge in [0.05, 0.1) is 6.04 Å². The summed E-state index contributed by atoms with van der Waals surface area (Å²) in [6.45, 7) is 2.15. The van der Waals surface area contributed by atoms with Gasteiger partial charge < -0.3 is 10.2 Å². The van der Waals surface area contributed by atoms with Gasteiger partial charge in [-0.05, 0) is 48.7 Å². The van der Waals surface area contributed by atoms with Crippen molar-refractivity contribution < 1.29 is 0 Å². The van der Waals surface area contributed by atoms with Crippen molar-refractivity contribution in [3.05, 3.63) is 51.7 Å². The van der Waals surface area contributed by atoms with Crippen molar-refractivity contribution in [2.45, 2.75) is 13.0 Å². The van der Waals surface area contributed by atoms with Crippen LogP contribution in [0, 0.1) is 6.92 Å². The smallest absolute Gasteiger partial charge is 0.0583 e. The number of benzene rings is 1. The first-order valence-electron chi connectivity index (χ1n) is 6.11. The fourth-order valence-corrected chi connectivity index (χ4v) is 2.85. The Hall–Kier alpha value is -1.32. The van der Waals surface area contributed by atoms with Gasteiger partial charge in [0, 0.05) is 24.7 Å². The number of anilines is 1. The molecule has 0 saturated heterocycles. The van der Waals surface area contributed by atoms with Gasteiger partial charge in [-0.1, -0.05) is 12.1 Å². The van der Waals surface area contributed by atoms with E-state index >= 15 is 0 Å². The fourth-order valence-electron chi connectivity index (χ4n) is 2.12. The zero-order chi connectivity index (χ0) is 13.1. The van der Waals surface area contributed by atoms with Crippen molar-refractivity contribution in [3.8, 4) is 0 Å². The molecule has 0 aliphatic rings. The zero-order valence-electron chi connectivity index (χ0n) is 11.4. The van der Waals surface area contributed by atoms with Gasteiger partial charge >= 0.3 is 0 Å². The van der Waals surface area contributed by atoms with Crippen LogP contribution in [0.15, 0.2) is 35.7 Å². The van der Waals surface area contributed by atoms with Crippen molar-refractivity contribution in [2.24, 2.45) is 0 Å². The van der Waals surface area contributed by atoms with Crippen LogP contribution in [0.2, 0.25) is 0 Å². The molecule has 96 valence electrons. The van der Waals surface area contributed by atoms with Gasteiger partial charge in [-0.3, -0.25) is 0 Å². The van der Waals surface area contributed by atoms with Crippen molar-refractivity contribution in [1.29, 1.82) is 0 Å². The predicted molar refractivity (Wildman–Crippen MR) is 80.7 cm³/mol. The first kappa shape index (κ1) is 13.1. The van der Waals surface area contributed by atoms with Gasteiger partial charge in [-0.25, -0.2) is 0 Å². The summed E-state index contributed by atoms with van der Waals surface area (Å²) in [4.78, 5) is 3.49. The van der Waals surface area contributed by atoms with Gasteiger partial charge in [-0.15, -0.1) is 11.3 Å². The maximum Gasteiger partial charge on any atom is 0.0583 e. The molecule has 2 rings (SSSR count). The second-order valence-corrected chi connectivity index (χ2v) is 5.82. The van der Waals surface area contributed by atoms with Crippen LogP contribution in [0.25, 0.3) is 0 Å². The van der Waals surface area contributed by atoms with Gasteiger partial charge in [0.25, 0.3) is 0 Å². The van der Waals surface area contributed by atoms with Crippen molar-refractivity contribution >= 4 is 17.0 Å². The Balaban J connectivity index is 2.35. The van der Waals surface area contributed by atoms with Crippen LogP contribution >= 0.6 is 11.3 Å². The molecule has 0 aliphatic heterocycles. The van der Waals surface area contributed by atoms with E-state index in [-0.39, 0.29) is 6.04 Å². The van der Waals surface area contributed by atoms with E-state index in [9.17, 15) is 0 Å². The molecule has 1 N–H and O–H groups in total. The number of rotatable bonds is 4. The van der Waals surface area contributed by atoms with Gasteiger partial charge in [0.15, 0.2) is 0 Å². The lowest BCUT2D eigenvalue weighted by atomic mass is 10.0. The molecule has 1 atom stereocenters. The summed E-state index contributed by atoms with van der Waals surface area (Å²) >= 11 is 1.80. The van der Waals surface area contributed by atoms with E-state index < -0.39 is 0 Å². The second-order valence-electron chi connectivity index (χ2n) is 4.70. The second kappa shape index (κ2) is 5.55. The molecule has 1 heterocycles. The van der Waals surface area contributed by atoms with E-state index in [1.165, 1.54) is 21.7 Å². The molecule has 0 spiro atoms. The maximum atomic E-state index is 3.40. The lowest BCUT2D eigenvalue weighted by Gasteiger charge is -2.19. The van der Waals surface area contributed by atoms with Crippen LogP contribution in [0.4, 0.5) is 5.69 Å². The molecular formula is C15H20N2S. The van der Waals surface area contributed by atoms with Gasteiger partial charge in [0.1, 0.15) is 0 Å². The number of nitrogens with one attached hydrogen (secondary N) is 1. The van der Waals surface area contributed by atoms with Crippen molar-refractivity contribution in [3.63, 3.8) is 0 Å². The third kappa shape index (κ3) is 2.74. The lowest BCUT2D eigenvalue weighted by Crippen LogP contribution is -2.18. The Kier molecular flexibility index (Phi) is 4.04. The predicted octanol–water partition coefficient (Wildman–Crippen LogP) is 3.43. The molecule has 1 aromatic carbocycles. The molecule has 0 radical (unpaired) electrons. The van der Waals surface area contributed by atoms with E-state index in [1.54, 1.807) is 11.3 Å². The topological polar surface area (TPSA) is 15.3 Å². The number of hydrogen-bond acceptors (Lipinski definition) is 3. The third-order valence-electron chi connectivity index (χ3n) is 3.09. The van der Waals surface area contributed by atoms with E-state index in [0.717, 1.165) is 0 Å². The average molecular weight is 260 g/mol. The van der Waals surface area contributed by atoms with Crippen LogP contribution in [0.1, 0.15) is 22.0 Å². The fraction of sp³-hybridized carbons (Fsp3) is 0.333. The third-order valence-corrected chi connectivity index (χ3v) is 3.97. The number of nitrogens with zero attached hydrogens (tertiary/aromatic N) is 1. The Labute approximate surface area is 113 Å². The summed E-state index contributed by atoms with van der Waals surface area (Å²) in [7, 11) is 6.16. The van der Waals surface area contributed by atoms with Crippen molar-refractivity contribution in [2.75, 3.05) is 26.0 Å². The highest BCUT2D eigenvalue weighted by molar-refractivity contribution is 7.10. The summed E-state index contributed by atoms with van der Waals surface area (Å²) in [6.07, 6.45) is 0. The molecule has 0 aliphatic carbocycles. The first-order valence-corrected chi connectivity index (χ1v) is 6.99. The highest BCUT2D eigenvalue weighted by Gasteiger charge is 2.13. The van der Waals surface area contributed by atoms with E-state index in [1.807, 2.05) is 7.05 Å². The molecular weight excluding hydrogens is 240 g/mol. The van der Waals surface area contributed by atoms with E-state index in [2.05, 4.69) is 66.9 Å². The largest absolute Gasteiger partial charge is 0.378 e. The van der Waals surface area contributed by atoms with Crippen molar-refractivity contribution in [1.82, 2.24) is 5.32 Å². The summed E-state index contributed by atoms with van der Waals surface area (Å²) in [5.74, 6) is 0. The van der Waals surface area contributed by atoms with Gasteiger partial charge in [0.2, 0.25) is 0 Å². The Bertz CT molecular complexity index is 517. The molecule has 1 unspecified atom stereocenters. The van der Waals surface area contributed by atoms with Gasteiger partial charge in [-0.2, -0.15) is 0 Å². The quantitative estimate of drug-likeness (QED) is 0.906. The molecule has 18 heavy (non-hydrogen) atoms. The average Bonchev–Trinajstić information content (AvgIpc) is 2.77. The van der Waals surface area contributed by atoms with Crippen LogP contribution in [0.3, 0.4) is 0 Å². The highest BCUT2D eigenvalue weighted by atomic mass is 32.1. The number of thiophene rings is 1. The molecule has 3 heteroatoms. The minimum Gasteiger partial charge on any atom is -0.378 e. The lowest BCUT2D eigenvalue weighted by molar-refractivity contribution is 0.694. The Morgan fingerprint density at radius 1 is 1.17 bits per heavy atom. The normalized spacial score (nSPS) is 12.4. The standard InChI is InChI=1S/C15H20N2S/c1-11-8-13(10-18-11)15(16-2)12-6-5-7-14(9-12)17(3)4/h5-10,15-16H,1-4H3. The minimum absolute atomic E-state index is 0.273. The van der Waals surface area contributed by atoms with Crippen LogP contribution in [-0.2, 0) is 0 Å². The molecule has 2 nitrogen and oxygen atoms in total. The summed E-state index contributed by atoms with van der Waals surface area (Å²) < 4.78 is 0. The molecule has 0 fully saturated rings. The van der Waals surface area contributed by atoms with Crippen LogP contribution in [0.5, 0.6) is 0 Å². The molecule has 2 aromatic rings. The summed E-state index contributed by atoms with van der Waals surface area (Å²) in [5, 5.41) is 5.64. The zero-order valence-corrected chi connectivity index (χ0v) is 12.2. The van der Waals surface area contributed by atoms with E-state index in [4.69, 9.17) is 0 Å². The Morgan fingerprint density at radius 3 is 2.50 bits per heavy atom. The maximum absolute atomic E-state index is 3.40. The monoisotopic (exact) mass is 260 g/mol. The molecule has 0 bridgehead atoms. The first-order chi connectivity index (χ1) is 8.61. The highest BCUT2D eigenvalue weighted by Crippen LogP contribution is 2.27. The molecule has 0 amide bonds. The number of aryl methyl sites for hydroxylation is 1. The van der Waals surface area contributed by atoms with E-state index in [0.29, 0.717) is 0 Å². The molecule has 0 saturated carbocycles. The summed E-state index contributed by atoms with van der Waals surface area (Å²) in [6, 6.07) is 11.2. The van der Waals surface area contributed by atoms with Crippen LogP contribution < -0.4 is 10.2 Å². The Morgan fingerprint density at radius 2 is 1.94 bits per heavy atom. The molecule has 1 aromatic heterocycles. The van der Waals surface area contributed by atoms with Crippen LogP contribution in [-0.4, -0.2) is 21.1 Å². The number of hydrogen-bond donors (Lipinski definition) is 1. The SMILES string of the molecule is CNC(c1cccc(N(C)C)c1)c1csc(C)c1.